The molecule has 1 aromatic heterocycles. The van der Waals surface area contributed by atoms with Crippen LogP contribution in [-0.2, 0) is 10.4 Å². The highest BCUT2D eigenvalue weighted by Crippen LogP contribution is 1.95. The Morgan fingerprint density at radius 2 is 1.38 bits per heavy atom. The molecule has 0 spiro atoms. The molecule has 0 unspecified atom stereocenters. The van der Waals surface area contributed by atoms with Crippen molar-refractivity contribution in [2.75, 3.05) is 17.3 Å². The summed E-state index contributed by atoms with van der Waals surface area (Å²) in [4.78, 5) is 0. The monoisotopic (exact) mass is 212 g/mol. The van der Waals surface area contributed by atoms with E-state index < -0.39 is 10.4 Å². The Hall–Kier alpha value is -1.59. The molecule has 0 bridgehead atoms. The van der Waals surface area contributed by atoms with E-state index in [2.05, 4.69) is 10.2 Å². The number of nitrogen functional groups attached to an aromatic ring is 3. The quantitative estimate of drug-likeness (QED) is 0.229. The predicted octanol–water partition coefficient (Wildman–Crippen LogP) is -2.50. The van der Waals surface area contributed by atoms with E-state index in [1.165, 1.54) is 0 Å². The van der Waals surface area contributed by atoms with Crippen LogP contribution in [0.2, 0.25) is 0 Å². The number of nitrogens with two attached hydrogens (primary N) is 3. The molecule has 10 nitrogen and oxygen atoms in total. The third-order valence-electron chi connectivity index (χ3n) is 0.749. The van der Waals surface area contributed by atoms with Crippen molar-refractivity contribution < 1.29 is 17.5 Å². The molecule has 8 N–H and O–H groups in total. The van der Waals surface area contributed by atoms with Gasteiger partial charge >= 0.3 is 10.4 Å². The van der Waals surface area contributed by atoms with Gasteiger partial charge in [-0.15, -0.1) is 10.2 Å². The Morgan fingerprint density at radius 1 is 1.15 bits per heavy atom. The van der Waals surface area contributed by atoms with Gasteiger partial charge in [0, 0.05) is 0 Å². The molecule has 0 saturated heterocycles. The maximum Gasteiger partial charge on any atom is 0.394 e. The fourth-order valence-corrected chi connectivity index (χ4v) is 0.316. The van der Waals surface area contributed by atoms with Crippen LogP contribution in [0.15, 0.2) is 0 Å². The fraction of sp³-hybridized carbons (Fsp3) is 0. The maximum absolute atomic E-state index is 8.74. The molecule has 0 atom stereocenters. The smallest absolute Gasteiger partial charge is 0.366 e. The van der Waals surface area contributed by atoms with Crippen LogP contribution in [-0.4, -0.2) is 32.4 Å². The number of rotatable bonds is 0. The molecule has 76 valence electrons. The van der Waals surface area contributed by atoms with Crippen molar-refractivity contribution in [1.29, 1.82) is 0 Å². The average Bonchev–Trinajstić information content (AvgIpc) is 2.16. The lowest BCUT2D eigenvalue weighted by Crippen LogP contribution is -2.14. The van der Waals surface area contributed by atoms with E-state index in [1.54, 1.807) is 0 Å². The molecule has 13 heavy (non-hydrogen) atoms. The first-order valence-corrected chi connectivity index (χ1v) is 4.03. The van der Waals surface area contributed by atoms with Crippen LogP contribution < -0.4 is 17.3 Å². The summed E-state index contributed by atoms with van der Waals surface area (Å²) < 4.78 is 32.6. The molecular weight excluding hydrogens is 204 g/mol. The summed E-state index contributed by atoms with van der Waals surface area (Å²) >= 11 is 0. The molecule has 11 heteroatoms. The second-order valence-electron chi connectivity index (χ2n) is 1.73. The van der Waals surface area contributed by atoms with Crippen molar-refractivity contribution in [3.05, 3.63) is 0 Å². The largest absolute Gasteiger partial charge is 0.394 e. The normalized spacial score (nSPS) is 10.3. The number of aromatic nitrogens is 3. The SMILES string of the molecule is Nc1nnc(N)n1N.O=S(=O)(O)O. The second kappa shape index (κ2) is 3.88. The number of anilines is 2. The van der Waals surface area contributed by atoms with Gasteiger partial charge in [0.2, 0.25) is 11.9 Å². The van der Waals surface area contributed by atoms with E-state index in [4.69, 9.17) is 34.8 Å². The minimum absolute atomic E-state index is 0.113. The topological polar surface area (TPSA) is 183 Å². The first-order valence-electron chi connectivity index (χ1n) is 2.63. The van der Waals surface area contributed by atoms with Crippen molar-refractivity contribution in [3.63, 3.8) is 0 Å². The van der Waals surface area contributed by atoms with E-state index in [9.17, 15) is 0 Å². The lowest BCUT2D eigenvalue weighted by Gasteiger charge is -1.90. The number of hydrogen-bond acceptors (Lipinski definition) is 7. The second-order valence-corrected chi connectivity index (χ2v) is 2.63. The van der Waals surface area contributed by atoms with Crippen molar-refractivity contribution >= 4 is 22.3 Å². The average molecular weight is 212 g/mol. The van der Waals surface area contributed by atoms with Gasteiger partial charge in [0.1, 0.15) is 0 Å². The van der Waals surface area contributed by atoms with Gasteiger partial charge in [0.05, 0.1) is 0 Å². The van der Waals surface area contributed by atoms with E-state index in [0.29, 0.717) is 0 Å². The molecule has 0 aliphatic heterocycles. The zero-order valence-corrected chi connectivity index (χ0v) is 7.01. The van der Waals surface area contributed by atoms with Gasteiger partial charge in [0.15, 0.2) is 0 Å². The Bertz CT molecular complexity index is 340. The van der Waals surface area contributed by atoms with Crippen LogP contribution in [0.5, 0.6) is 0 Å². The summed E-state index contributed by atoms with van der Waals surface area (Å²) in [6.07, 6.45) is 0. The van der Waals surface area contributed by atoms with Gasteiger partial charge < -0.3 is 17.3 Å². The van der Waals surface area contributed by atoms with E-state index in [0.717, 1.165) is 4.68 Å². The molecule has 1 rings (SSSR count). The number of hydrogen-bond donors (Lipinski definition) is 5. The standard InChI is InChI=1S/C2H6N6.H2O4S/c3-1-6-7-2(4)8(1)5;1-5(2,3)4/h5H2,(H2,3,6)(H2,4,7);(H2,1,2,3,4). The highest BCUT2D eigenvalue weighted by atomic mass is 32.3. The summed E-state index contributed by atoms with van der Waals surface area (Å²) in [6, 6.07) is 0. The lowest BCUT2D eigenvalue weighted by molar-refractivity contribution is 0.381. The first-order chi connectivity index (χ1) is 5.72. The van der Waals surface area contributed by atoms with Gasteiger partial charge in [-0.1, -0.05) is 0 Å². The number of nitrogens with zero attached hydrogens (tertiary/aromatic N) is 3. The van der Waals surface area contributed by atoms with Crippen molar-refractivity contribution in [1.82, 2.24) is 14.9 Å². The Morgan fingerprint density at radius 3 is 1.46 bits per heavy atom. The third kappa shape index (κ3) is 5.66. The highest BCUT2D eigenvalue weighted by molar-refractivity contribution is 7.79. The molecule has 0 saturated carbocycles. The van der Waals surface area contributed by atoms with Crippen LogP contribution in [0.25, 0.3) is 0 Å². The molecule has 1 aromatic rings. The van der Waals surface area contributed by atoms with Crippen LogP contribution in [0, 0.1) is 0 Å². The van der Waals surface area contributed by atoms with E-state index in [1.807, 2.05) is 0 Å². The van der Waals surface area contributed by atoms with Crippen molar-refractivity contribution in [2.24, 2.45) is 0 Å². The summed E-state index contributed by atoms with van der Waals surface area (Å²) in [5.41, 5.74) is 10.2. The van der Waals surface area contributed by atoms with E-state index >= 15 is 0 Å². The van der Waals surface area contributed by atoms with E-state index in [-0.39, 0.29) is 11.9 Å². The lowest BCUT2D eigenvalue weighted by atomic mass is 11.0. The Labute approximate surface area is 72.9 Å². The van der Waals surface area contributed by atoms with Gasteiger partial charge in [-0.05, 0) is 0 Å². The molecule has 0 aliphatic carbocycles. The van der Waals surface area contributed by atoms with Gasteiger partial charge in [-0.2, -0.15) is 13.1 Å². The minimum Gasteiger partial charge on any atom is -0.366 e. The minimum atomic E-state index is -4.67. The molecule has 1 heterocycles. The van der Waals surface area contributed by atoms with Crippen LogP contribution >= 0.6 is 0 Å². The summed E-state index contributed by atoms with van der Waals surface area (Å²) in [5, 5.41) is 6.71. The summed E-state index contributed by atoms with van der Waals surface area (Å²) in [5.74, 6) is 5.37. The third-order valence-corrected chi connectivity index (χ3v) is 0.749. The van der Waals surface area contributed by atoms with Gasteiger partial charge in [0.25, 0.3) is 0 Å². The highest BCUT2D eigenvalue weighted by Gasteiger charge is 1.97. The predicted molar refractivity (Wildman–Crippen MR) is 43.2 cm³/mol. The molecule has 0 aromatic carbocycles. The maximum atomic E-state index is 8.74. The molecule has 0 aliphatic rings. The summed E-state index contributed by atoms with van der Waals surface area (Å²) in [7, 11) is -4.67. The fourth-order valence-electron chi connectivity index (χ4n) is 0.316. The molecule has 0 amide bonds. The summed E-state index contributed by atoms with van der Waals surface area (Å²) in [6.45, 7) is 0. The first kappa shape index (κ1) is 11.4. The Kier molecular flexibility index (Phi) is 3.41. The van der Waals surface area contributed by atoms with Crippen LogP contribution in [0.1, 0.15) is 0 Å². The molecule has 0 fully saturated rings. The Balaban J connectivity index is 0.000000252. The molecular formula is C2H8N6O4S. The zero-order chi connectivity index (χ0) is 10.6. The van der Waals surface area contributed by atoms with Crippen LogP contribution in [0.3, 0.4) is 0 Å². The zero-order valence-electron chi connectivity index (χ0n) is 6.19. The van der Waals surface area contributed by atoms with Crippen molar-refractivity contribution in [2.45, 2.75) is 0 Å². The van der Waals surface area contributed by atoms with Crippen molar-refractivity contribution in [3.8, 4) is 0 Å². The van der Waals surface area contributed by atoms with Gasteiger partial charge in [-0.25, -0.2) is 0 Å². The molecule has 0 radical (unpaired) electrons. The van der Waals surface area contributed by atoms with Gasteiger partial charge in [-0.3, -0.25) is 9.11 Å². The van der Waals surface area contributed by atoms with Crippen LogP contribution in [0.4, 0.5) is 11.9 Å².